The Kier molecular flexibility index (Phi) is 16.9. The molecule has 0 aromatic rings. The molecule has 0 aliphatic heterocycles. The normalized spacial score (nSPS) is 14.9. The van der Waals surface area contributed by atoms with Gasteiger partial charge in [-0.05, 0) is 25.7 Å². The Balaban J connectivity index is 4.08. The number of carbonyl (C=O) groups is 1. The van der Waals surface area contributed by atoms with Gasteiger partial charge in [0, 0.05) is 6.42 Å². The van der Waals surface area contributed by atoms with E-state index >= 15 is 0 Å². The number of rotatable bonds is 16. The number of hydrogen-bond donors (Lipinski definition) is 3. The van der Waals surface area contributed by atoms with E-state index in [1.807, 2.05) is 12.2 Å². The monoisotopic (exact) mass is 368 g/mol. The molecule has 0 spiro atoms. The van der Waals surface area contributed by atoms with E-state index in [-0.39, 0.29) is 12.5 Å². The van der Waals surface area contributed by atoms with Gasteiger partial charge in [-0.1, -0.05) is 74.8 Å². The minimum atomic E-state index is -0.795. The maximum absolute atomic E-state index is 10.4. The maximum Gasteiger partial charge on any atom is 0.303 e. The van der Waals surface area contributed by atoms with Crippen molar-refractivity contribution >= 4 is 5.97 Å². The minimum Gasteiger partial charge on any atom is -0.481 e. The van der Waals surface area contributed by atoms with E-state index in [1.165, 1.54) is 0 Å². The predicted octanol–water partition coefficient (Wildman–Crippen LogP) is 5.15. The highest BCUT2D eigenvalue weighted by Crippen LogP contribution is 2.07. The first-order chi connectivity index (χ1) is 12.6. The lowest BCUT2D eigenvalue weighted by molar-refractivity contribution is -0.267. The number of unbranched alkanes of at least 4 members (excludes halogenated alkanes) is 3. The fourth-order valence-electron chi connectivity index (χ4n) is 2.16. The second-order valence-corrected chi connectivity index (χ2v) is 5.93. The van der Waals surface area contributed by atoms with Crippen LogP contribution in [0.25, 0.3) is 0 Å². The third kappa shape index (κ3) is 15.8. The van der Waals surface area contributed by atoms with Gasteiger partial charge in [0.25, 0.3) is 0 Å². The summed E-state index contributed by atoms with van der Waals surface area (Å²) in [6, 6.07) is 0. The Hall–Kier alpha value is -1.73. The molecule has 0 bridgehead atoms. The van der Waals surface area contributed by atoms with Crippen LogP contribution in [0.5, 0.6) is 0 Å². The van der Waals surface area contributed by atoms with Crippen LogP contribution in [0.1, 0.15) is 58.3 Å². The van der Waals surface area contributed by atoms with Crippen molar-refractivity contribution in [1.29, 1.82) is 0 Å². The van der Waals surface area contributed by atoms with Gasteiger partial charge in [-0.25, -0.2) is 9.78 Å². The van der Waals surface area contributed by atoms with Gasteiger partial charge in [0.15, 0.2) is 0 Å². The first-order valence-corrected chi connectivity index (χ1v) is 9.12. The summed E-state index contributed by atoms with van der Waals surface area (Å²) >= 11 is 0. The molecule has 0 aromatic heterocycles. The van der Waals surface area contributed by atoms with Gasteiger partial charge < -0.3 is 5.11 Å². The molecule has 2 unspecified atom stereocenters. The minimum absolute atomic E-state index is 0.156. The standard InChI is InChI=1S/C20H32O6/c1-2-3-8-13-18(25-23)14-9-4-5-10-15-19(26-24)16-11-6-7-12-17-20(21)22/h4-6,9-11,14-15,18-19,23-24H,2-3,7-8,12-13,16-17H2,1H3,(H,21,22)/b5-4+,11-6+,14-9+,15-10+. The zero-order valence-corrected chi connectivity index (χ0v) is 15.5. The number of carboxylic acid groups (broad SMARTS) is 1. The van der Waals surface area contributed by atoms with Crippen LogP contribution in [-0.4, -0.2) is 33.8 Å². The molecular weight excluding hydrogens is 336 g/mol. The fraction of sp³-hybridized carbons (Fsp3) is 0.550. The van der Waals surface area contributed by atoms with Crippen LogP contribution in [-0.2, 0) is 14.6 Å². The van der Waals surface area contributed by atoms with E-state index < -0.39 is 12.1 Å². The largest absolute Gasteiger partial charge is 0.481 e. The van der Waals surface area contributed by atoms with Gasteiger partial charge >= 0.3 is 5.97 Å². The van der Waals surface area contributed by atoms with Crippen molar-refractivity contribution in [1.82, 2.24) is 0 Å². The second-order valence-electron chi connectivity index (χ2n) is 5.93. The van der Waals surface area contributed by atoms with Crippen molar-refractivity contribution in [3.63, 3.8) is 0 Å². The molecule has 0 radical (unpaired) electrons. The zero-order chi connectivity index (χ0) is 19.5. The molecule has 6 heteroatoms. The van der Waals surface area contributed by atoms with Crippen LogP contribution in [0.4, 0.5) is 0 Å². The topological polar surface area (TPSA) is 96.2 Å². The Morgan fingerprint density at radius 2 is 1.58 bits per heavy atom. The van der Waals surface area contributed by atoms with E-state index in [0.717, 1.165) is 25.7 Å². The highest BCUT2D eigenvalue weighted by atomic mass is 17.1. The van der Waals surface area contributed by atoms with Crippen LogP contribution in [0.15, 0.2) is 48.6 Å². The Bertz CT molecular complexity index is 453. The third-order valence-corrected chi connectivity index (χ3v) is 3.64. The number of allylic oxidation sites excluding steroid dienone is 5. The van der Waals surface area contributed by atoms with Gasteiger partial charge in [-0.3, -0.25) is 15.3 Å². The second kappa shape index (κ2) is 18.1. The van der Waals surface area contributed by atoms with Gasteiger partial charge in [0.2, 0.25) is 0 Å². The van der Waals surface area contributed by atoms with Crippen LogP contribution >= 0.6 is 0 Å². The van der Waals surface area contributed by atoms with E-state index in [4.69, 9.17) is 15.6 Å². The first-order valence-electron chi connectivity index (χ1n) is 9.12. The molecule has 0 fully saturated rings. The van der Waals surface area contributed by atoms with E-state index in [2.05, 4.69) is 16.7 Å². The lowest BCUT2D eigenvalue weighted by atomic mass is 10.1. The molecule has 26 heavy (non-hydrogen) atoms. The van der Waals surface area contributed by atoms with E-state index in [1.54, 1.807) is 36.5 Å². The van der Waals surface area contributed by atoms with Crippen molar-refractivity contribution < 1.29 is 30.2 Å². The smallest absolute Gasteiger partial charge is 0.303 e. The van der Waals surface area contributed by atoms with Crippen molar-refractivity contribution in [2.24, 2.45) is 0 Å². The van der Waals surface area contributed by atoms with Crippen molar-refractivity contribution in [3.8, 4) is 0 Å². The number of carboxylic acids is 1. The summed E-state index contributed by atoms with van der Waals surface area (Å²) in [6.45, 7) is 2.12. The summed E-state index contributed by atoms with van der Waals surface area (Å²) in [4.78, 5) is 19.2. The number of hydrogen-bond acceptors (Lipinski definition) is 5. The molecular formula is C20H32O6. The van der Waals surface area contributed by atoms with Gasteiger partial charge in [-0.2, -0.15) is 0 Å². The Labute approximate surface area is 156 Å². The molecule has 0 aliphatic rings. The quantitative estimate of drug-likeness (QED) is 0.115. The molecule has 3 N–H and O–H groups in total. The van der Waals surface area contributed by atoms with Crippen LogP contribution in [0.2, 0.25) is 0 Å². The molecule has 0 amide bonds. The highest BCUT2D eigenvalue weighted by Gasteiger charge is 2.03. The summed E-state index contributed by atoms with van der Waals surface area (Å²) in [5.74, 6) is -0.795. The van der Waals surface area contributed by atoms with Crippen LogP contribution < -0.4 is 0 Å². The summed E-state index contributed by atoms with van der Waals surface area (Å²) in [6.07, 6.45) is 19.6. The molecule has 6 nitrogen and oxygen atoms in total. The molecule has 2 atom stereocenters. The lowest BCUT2D eigenvalue weighted by Crippen LogP contribution is -2.06. The maximum atomic E-state index is 10.4. The molecule has 0 saturated heterocycles. The fourth-order valence-corrected chi connectivity index (χ4v) is 2.16. The van der Waals surface area contributed by atoms with Crippen LogP contribution in [0.3, 0.4) is 0 Å². The first kappa shape index (κ1) is 24.3. The van der Waals surface area contributed by atoms with E-state index in [0.29, 0.717) is 19.3 Å². The predicted molar refractivity (Wildman–Crippen MR) is 102 cm³/mol. The molecule has 0 aliphatic carbocycles. The van der Waals surface area contributed by atoms with Crippen molar-refractivity contribution in [2.45, 2.75) is 70.5 Å². The molecule has 0 aromatic carbocycles. The van der Waals surface area contributed by atoms with Gasteiger partial charge in [0.1, 0.15) is 12.2 Å². The van der Waals surface area contributed by atoms with Gasteiger partial charge in [-0.15, -0.1) is 0 Å². The summed E-state index contributed by atoms with van der Waals surface area (Å²) < 4.78 is 0. The number of aliphatic carboxylic acids is 1. The van der Waals surface area contributed by atoms with Crippen molar-refractivity contribution in [3.05, 3.63) is 48.6 Å². The molecule has 0 heterocycles. The summed E-state index contributed by atoms with van der Waals surface area (Å²) in [5, 5.41) is 26.2. The summed E-state index contributed by atoms with van der Waals surface area (Å²) in [5.41, 5.74) is 0. The lowest BCUT2D eigenvalue weighted by Gasteiger charge is -2.07. The Morgan fingerprint density at radius 1 is 0.923 bits per heavy atom. The van der Waals surface area contributed by atoms with Gasteiger partial charge in [0.05, 0.1) is 0 Å². The molecule has 0 rings (SSSR count). The van der Waals surface area contributed by atoms with E-state index in [9.17, 15) is 4.79 Å². The highest BCUT2D eigenvalue weighted by molar-refractivity contribution is 5.66. The zero-order valence-electron chi connectivity index (χ0n) is 15.5. The molecule has 148 valence electrons. The Morgan fingerprint density at radius 3 is 2.15 bits per heavy atom. The van der Waals surface area contributed by atoms with Crippen LogP contribution in [0, 0.1) is 0 Å². The molecule has 0 saturated carbocycles. The van der Waals surface area contributed by atoms with Crippen molar-refractivity contribution in [2.75, 3.05) is 0 Å². The third-order valence-electron chi connectivity index (χ3n) is 3.64. The SMILES string of the molecule is CCCCCC(/C=C/C=C/C=C/C(C/C=C/CCCC(=O)O)OO)OO. The average Bonchev–Trinajstić information content (AvgIpc) is 2.63. The summed E-state index contributed by atoms with van der Waals surface area (Å²) in [7, 11) is 0. The average molecular weight is 368 g/mol.